The molecule has 0 atom stereocenters. The SMILES string of the molecule is CCn1c(SCc2cc(Br)ccc2F)nc2cc(S(N)(=O)=O)ccc21. The number of rotatable bonds is 5. The molecule has 3 aromatic rings. The maximum Gasteiger partial charge on any atom is 0.238 e. The number of hydrogen-bond donors (Lipinski definition) is 1. The van der Waals surface area contributed by atoms with Gasteiger partial charge in [-0.1, -0.05) is 27.7 Å². The predicted molar refractivity (Wildman–Crippen MR) is 100 cm³/mol. The number of benzene rings is 2. The van der Waals surface area contributed by atoms with Crippen molar-refractivity contribution in [1.29, 1.82) is 0 Å². The smallest absolute Gasteiger partial charge is 0.238 e. The van der Waals surface area contributed by atoms with Gasteiger partial charge in [-0.15, -0.1) is 0 Å². The number of sulfonamides is 1. The van der Waals surface area contributed by atoms with Crippen LogP contribution in [0.15, 0.2) is 50.9 Å². The zero-order valence-corrected chi connectivity index (χ0v) is 16.5. The topological polar surface area (TPSA) is 78.0 Å². The van der Waals surface area contributed by atoms with Gasteiger partial charge in [0.25, 0.3) is 0 Å². The number of nitrogens with two attached hydrogens (primary N) is 1. The summed E-state index contributed by atoms with van der Waals surface area (Å²) in [7, 11) is -3.78. The van der Waals surface area contributed by atoms with Crippen LogP contribution in [0.2, 0.25) is 0 Å². The first-order valence-electron chi connectivity index (χ1n) is 7.39. The van der Waals surface area contributed by atoms with E-state index in [-0.39, 0.29) is 10.7 Å². The molecule has 5 nitrogen and oxygen atoms in total. The van der Waals surface area contributed by atoms with Crippen LogP contribution in [0, 0.1) is 5.82 Å². The number of thioether (sulfide) groups is 1. The van der Waals surface area contributed by atoms with Gasteiger partial charge < -0.3 is 4.57 Å². The third kappa shape index (κ3) is 3.89. The summed E-state index contributed by atoms with van der Waals surface area (Å²) in [4.78, 5) is 4.52. The third-order valence-electron chi connectivity index (χ3n) is 3.69. The molecule has 132 valence electrons. The Balaban J connectivity index is 1.97. The lowest BCUT2D eigenvalue weighted by atomic mass is 10.2. The molecule has 1 heterocycles. The van der Waals surface area contributed by atoms with Crippen molar-refractivity contribution in [3.05, 3.63) is 52.3 Å². The Morgan fingerprint density at radius 3 is 2.72 bits per heavy atom. The van der Waals surface area contributed by atoms with Crippen molar-refractivity contribution in [3.63, 3.8) is 0 Å². The molecule has 0 saturated heterocycles. The average Bonchev–Trinajstić information content (AvgIpc) is 2.91. The van der Waals surface area contributed by atoms with Crippen LogP contribution in [0.5, 0.6) is 0 Å². The second-order valence-corrected chi connectivity index (χ2v) is 8.78. The first-order chi connectivity index (χ1) is 11.8. The summed E-state index contributed by atoms with van der Waals surface area (Å²) < 4.78 is 39.7. The van der Waals surface area contributed by atoms with Crippen LogP contribution in [0.3, 0.4) is 0 Å². The fourth-order valence-electron chi connectivity index (χ4n) is 2.48. The number of imidazole rings is 1. The van der Waals surface area contributed by atoms with Crippen molar-refractivity contribution >= 4 is 48.7 Å². The minimum atomic E-state index is -3.78. The molecule has 0 bridgehead atoms. The van der Waals surface area contributed by atoms with Gasteiger partial charge in [0.2, 0.25) is 10.0 Å². The summed E-state index contributed by atoms with van der Waals surface area (Å²) in [5, 5.41) is 5.87. The molecule has 0 amide bonds. The Morgan fingerprint density at radius 1 is 1.28 bits per heavy atom. The molecule has 0 aliphatic heterocycles. The Labute approximate surface area is 157 Å². The van der Waals surface area contributed by atoms with Gasteiger partial charge in [0.05, 0.1) is 15.9 Å². The fraction of sp³-hybridized carbons (Fsp3) is 0.188. The summed E-state index contributed by atoms with van der Waals surface area (Å²) in [6.07, 6.45) is 0. The Bertz CT molecular complexity index is 1050. The van der Waals surface area contributed by atoms with Gasteiger partial charge in [0.15, 0.2) is 5.16 Å². The Hall–Kier alpha value is -1.42. The van der Waals surface area contributed by atoms with Crippen molar-refractivity contribution in [2.75, 3.05) is 0 Å². The minimum absolute atomic E-state index is 0.0235. The number of primary sulfonamides is 1. The van der Waals surface area contributed by atoms with Crippen molar-refractivity contribution in [1.82, 2.24) is 9.55 Å². The normalized spacial score (nSPS) is 12.0. The molecule has 0 saturated carbocycles. The van der Waals surface area contributed by atoms with Gasteiger partial charge in [-0.2, -0.15) is 0 Å². The molecule has 2 N–H and O–H groups in total. The van der Waals surface area contributed by atoms with Crippen molar-refractivity contribution in [2.45, 2.75) is 29.3 Å². The van der Waals surface area contributed by atoms with E-state index in [4.69, 9.17) is 5.14 Å². The molecule has 2 aromatic carbocycles. The van der Waals surface area contributed by atoms with E-state index in [0.29, 0.717) is 28.5 Å². The van der Waals surface area contributed by atoms with Gasteiger partial charge in [0, 0.05) is 16.8 Å². The number of halogens is 2. The number of aryl methyl sites for hydroxylation is 1. The molecule has 0 unspecified atom stereocenters. The molecular formula is C16H15BrFN3O2S2. The lowest BCUT2D eigenvalue weighted by Gasteiger charge is -2.07. The maximum atomic E-state index is 13.9. The zero-order valence-electron chi connectivity index (χ0n) is 13.2. The second-order valence-electron chi connectivity index (χ2n) is 5.36. The highest BCUT2D eigenvalue weighted by Gasteiger charge is 2.15. The van der Waals surface area contributed by atoms with Gasteiger partial charge in [-0.25, -0.2) is 22.9 Å². The quantitative estimate of drug-likeness (QED) is 0.606. The second kappa shape index (κ2) is 7.06. The van der Waals surface area contributed by atoms with Crippen molar-refractivity contribution in [3.8, 4) is 0 Å². The monoisotopic (exact) mass is 443 g/mol. The standard InChI is InChI=1S/C16H15BrFN3O2S2/c1-2-21-15-6-4-12(25(19,22)23)8-14(15)20-16(21)24-9-10-7-11(17)3-5-13(10)18/h3-8H,2,9H2,1H3,(H2,19,22,23). The van der Waals surface area contributed by atoms with E-state index in [2.05, 4.69) is 20.9 Å². The summed E-state index contributed by atoms with van der Waals surface area (Å²) in [6, 6.07) is 9.42. The van der Waals surface area contributed by atoms with E-state index in [0.717, 1.165) is 9.99 Å². The largest absolute Gasteiger partial charge is 0.319 e. The van der Waals surface area contributed by atoms with E-state index in [1.165, 1.54) is 30.0 Å². The molecule has 9 heteroatoms. The van der Waals surface area contributed by atoms with Crippen molar-refractivity contribution in [2.24, 2.45) is 5.14 Å². The lowest BCUT2D eigenvalue weighted by Crippen LogP contribution is -2.11. The summed E-state index contributed by atoms with van der Waals surface area (Å²) in [5.74, 6) is 0.141. The number of nitrogens with zero attached hydrogens (tertiary/aromatic N) is 2. The summed E-state index contributed by atoms with van der Waals surface area (Å²) in [6.45, 7) is 2.63. The van der Waals surface area contributed by atoms with E-state index in [1.807, 2.05) is 11.5 Å². The number of fused-ring (bicyclic) bond motifs is 1. The average molecular weight is 444 g/mol. The van der Waals surface area contributed by atoms with Crippen LogP contribution in [-0.2, 0) is 22.3 Å². The van der Waals surface area contributed by atoms with Crippen LogP contribution >= 0.6 is 27.7 Å². The van der Waals surface area contributed by atoms with E-state index in [1.54, 1.807) is 18.2 Å². The van der Waals surface area contributed by atoms with Gasteiger partial charge in [-0.05, 0) is 48.9 Å². The van der Waals surface area contributed by atoms with E-state index >= 15 is 0 Å². The molecule has 0 aliphatic rings. The summed E-state index contributed by atoms with van der Waals surface area (Å²) >= 11 is 4.74. The minimum Gasteiger partial charge on any atom is -0.319 e. The summed E-state index contributed by atoms with van der Waals surface area (Å²) in [5.41, 5.74) is 1.93. The van der Waals surface area contributed by atoms with E-state index in [9.17, 15) is 12.8 Å². The molecule has 25 heavy (non-hydrogen) atoms. The van der Waals surface area contributed by atoms with E-state index < -0.39 is 10.0 Å². The molecule has 0 fully saturated rings. The molecule has 0 spiro atoms. The number of hydrogen-bond acceptors (Lipinski definition) is 4. The van der Waals surface area contributed by atoms with Gasteiger partial charge >= 0.3 is 0 Å². The highest BCUT2D eigenvalue weighted by Crippen LogP contribution is 2.29. The van der Waals surface area contributed by atoms with Gasteiger partial charge in [-0.3, -0.25) is 0 Å². The molecule has 3 rings (SSSR count). The fourth-order valence-corrected chi connectivity index (χ4v) is 4.47. The third-order valence-corrected chi connectivity index (χ3v) is 6.12. The first-order valence-corrected chi connectivity index (χ1v) is 10.7. The molecule has 1 aromatic heterocycles. The first kappa shape index (κ1) is 18.4. The highest BCUT2D eigenvalue weighted by molar-refractivity contribution is 9.10. The maximum absolute atomic E-state index is 13.9. The zero-order chi connectivity index (χ0) is 18.2. The van der Waals surface area contributed by atoms with Crippen LogP contribution < -0.4 is 5.14 Å². The van der Waals surface area contributed by atoms with Crippen LogP contribution in [0.25, 0.3) is 11.0 Å². The molecular weight excluding hydrogens is 429 g/mol. The Morgan fingerprint density at radius 2 is 2.04 bits per heavy atom. The van der Waals surface area contributed by atoms with Crippen LogP contribution in [-0.4, -0.2) is 18.0 Å². The lowest BCUT2D eigenvalue weighted by molar-refractivity contribution is 0.598. The highest BCUT2D eigenvalue weighted by atomic mass is 79.9. The van der Waals surface area contributed by atoms with Gasteiger partial charge in [0.1, 0.15) is 5.82 Å². The molecule has 0 radical (unpaired) electrons. The molecule has 0 aliphatic carbocycles. The van der Waals surface area contributed by atoms with Crippen LogP contribution in [0.4, 0.5) is 4.39 Å². The van der Waals surface area contributed by atoms with Crippen LogP contribution in [0.1, 0.15) is 12.5 Å². The number of aromatic nitrogens is 2. The Kier molecular flexibility index (Phi) is 5.19. The van der Waals surface area contributed by atoms with Crippen molar-refractivity contribution < 1.29 is 12.8 Å². The predicted octanol–water partition coefficient (Wildman–Crippen LogP) is 3.90.